The zero-order valence-electron chi connectivity index (χ0n) is 14.2. The van der Waals surface area contributed by atoms with Crippen molar-refractivity contribution in [3.05, 3.63) is 35.4 Å². The molecule has 0 radical (unpaired) electrons. The van der Waals surface area contributed by atoms with Crippen LogP contribution in [0.3, 0.4) is 0 Å². The largest absolute Gasteiger partial charge is 0.294 e. The molecule has 0 aromatic heterocycles. The minimum Gasteiger partial charge on any atom is -0.294 e. The van der Waals surface area contributed by atoms with Gasteiger partial charge in [0.1, 0.15) is 0 Å². The van der Waals surface area contributed by atoms with Gasteiger partial charge >= 0.3 is 0 Å². The summed E-state index contributed by atoms with van der Waals surface area (Å²) in [6, 6.07) is 9.22. The number of hydrogen-bond donors (Lipinski definition) is 0. The molecule has 1 nitrogen and oxygen atoms in total. The van der Waals surface area contributed by atoms with Gasteiger partial charge in [0.25, 0.3) is 0 Å². The van der Waals surface area contributed by atoms with E-state index in [4.69, 9.17) is 0 Å². The first kappa shape index (κ1) is 15.6. The monoisotopic (exact) mass is 273 g/mol. The smallest absolute Gasteiger partial charge is 0.0239 e. The third kappa shape index (κ3) is 4.34. The fraction of sp³-hybridized carbons (Fsp3) is 0.684. The Kier molecular flexibility index (Phi) is 4.30. The molecule has 0 atom stereocenters. The first-order valence-electron chi connectivity index (χ1n) is 8.01. The lowest BCUT2D eigenvalue weighted by molar-refractivity contribution is 0.121. The van der Waals surface area contributed by atoms with Crippen LogP contribution in [0.1, 0.15) is 65.5 Å². The van der Waals surface area contributed by atoms with E-state index in [0.29, 0.717) is 0 Å². The van der Waals surface area contributed by atoms with Crippen molar-refractivity contribution in [3.8, 4) is 0 Å². The highest BCUT2D eigenvalue weighted by Crippen LogP contribution is 2.33. The molecule has 1 aromatic rings. The maximum Gasteiger partial charge on any atom is 0.0239 e. The van der Waals surface area contributed by atoms with E-state index in [2.05, 4.69) is 70.7 Å². The van der Waals surface area contributed by atoms with Crippen LogP contribution in [0.5, 0.6) is 0 Å². The SMILES string of the molecule is CC(C)(C)c1ccc(CN(CC2CC2)C(C)(C)C)cc1. The fourth-order valence-corrected chi connectivity index (χ4v) is 2.52. The molecule has 0 aliphatic heterocycles. The summed E-state index contributed by atoms with van der Waals surface area (Å²) in [4.78, 5) is 2.64. The van der Waals surface area contributed by atoms with Crippen molar-refractivity contribution in [2.75, 3.05) is 6.54 Å². The minimum absolute atomic E-state index is 0.246. The molecule has 1 fully saturated rings. The van der Waals surface area contributed by atoms with Crippen LogP contribution in [0.15, 0.2) is 24.3 Å². The molecule has 0 amide bonds. The van der Waals surface area contributed by atoms with Crippen LogP contribution in [-0.4, -0.2) is 17.0 Å². The second kappa shape index (κ2) is 5.52. The Morgan fingerprint density at radius 3 is 1.90 bits per heavy atom. The highest BCUT2D eigenvalue weighted by Gasteiger charge is 2.29. The van der Waals surface area contributed by atoms with Crippen LogP contribution >= 0.6 is 0 Å². The summed E-state index contributed by atoms with van der Waals surface area (Å²) in [7, 11) is 0. The summed E-state index contributed by atoms with van der Waals surface area (Å²) < 4.78 is 0. The van der Waals surface area contributed by atoms with Crippen LogP contribution in [-0.2, 0) is 12.0 Å². The van der Waals surface area contributed by atoms with Crippen LogP contribution in [0, 0.1) is 5.92 Å². The quantitative estimate of drug-likeness (QED) is 0.746. The molecule has 1 aromatic carbocycles. The van der Waals surface area contributed by atoms with Crippen LogP contribution < -0.4 is 0 Å². The predicted octanol–water partition coefficient (Wildman–Crippen LogP) is 4.99. The first-order valence-corrected chi connectivity index (χ1v) is 8.01. The summed E-state index contributed by atoms with van der Waals surface area (Å²) in [6.45, 7) is 16.1. The van der Waals surface area contributed by atoms with Gasteiger partial charge in [-0.3, -0.25) is 4.90 Å². The van der Waals surface area contributed by atoms with E-state index in [1.54, 1.807) is 0 Å². The number of hydrogen-bond acceptors (Lipinski definition) is 1. The first-order chi connectivity index (χ1) is 9.16. The van der Waals surface area contributed by atoms with E-state index in [1.165, 1.54) is 30.5 Å². The summed E-state index contributed by atoms with van der Waals surface area (Å²) in [5.41, 5.74) is 3.36. The lowest BCUT2D eigenvalue weighted by atomic mass is 9.86. The molecule has 0 unspecified atom stereocenters. The summed E-state index contributed by atoms with van der Waals surface area (Å²) in [6.07, 6.45) is 2.85. The zero-order chi connectivity index (χ0) is 15.0. The van der Waals surface area contributed by atoms with E-state index in [0.717, 1.165) is 12.5 Å². The van der Waals surface area contributed by atoms with Crippen molar-refractivity contribution < 1.29 is 0 Å². The second-order valence-corrected chi connectivity index (χ2v) is 8.44. The van der Waals surface area contributed by atoms with Crippen molar-refractivity contribution in [1.82, 2.24) is 4.90 Å². The molecule has 1 aliphatic rings. The molecule has 0 N–H and O–H groups in total. The van der Waals surface area contributed by atoms with Gasteiger partial charge in [0.05, 0.1) is 0 Å². The van der Waals surface area contributed by atoms with Gasteiger partial charge in [-0.05, 0) is 56.1 Å². The molecule has 0 spiro atoms. The molecule has 1 saturated carbocycles. The van der Waals surface area contributed by atoms with Crippen LogP contribution in [0.4, 0.5) is 0 Å². The Bertz CT molecular complexity index is 426. The van der Waals surface area contributed by atoms with Gasteiger partial charge in [-0.1, -0.05) is 45.0 Å². The molecule has 1 heteroatoms. The Labute approximate surface area is 125 Å². The van der Waals surface area contributed by atoms with E-state index in [9.17, 15) is 0 Å². The molecule has 0 saturated heterocycles. The lowest BCUT2D eigenvalue weighted by Gasteiger charge is -2.36. The maximum atomic E-state index is 2.64. The average Bonchev–Trinajstić information content (AvgIpc) is 3.10. The molecule has 0 heterocycles. The van der Waals surface area contributed by atoms with Gasteiger partial charge in [0.15, 0.2) is 0 Å². The normalized spacial score (nSPS) is 16.8. The molecular weight excluding hydrogens is 242 g/mol. The third-order valence-corrected chi connectivity index (χ3v) is 4.32. The van der Waals surface area contributed by atoms with Gasteiger partial charge < -0.3 is 0 Å². The topological polar surface area (TPSA) is 3.24 Å². The van der Waals surface area contributed by atoms with Crippen molar-refractivity contribution in [2.24, 2.45) is 5.92 Å². The summed E-state index contributed by atoms with van der Waals surface area (Å²) in [5.74, 6) is 0.947. The second-order valence-electron chi connectivity index (χ2n) is 8.44. The standard InChI is InChI=1S/C19H31N/c1-18(2,3)17-11-9-16(10-12-17)14-20(19(4,5)6)13-15-7-8-15/h9-12,15H,7-8,13-14H2,1-6H3. The Morgan fingerprint density at radius 2 is 1.50 bits per heavy atom. The Morgan fingerprint density at radius 1 is 0.950 bits per heavy atom. The van der Waals surface area contributed by atoms with E-state index < -0.39 is 0 Å². The van der Waals surface area contributed by atoms with Crippen LogP contribution in [0.25, 0.3) is 0 Å². The zero-order valence-corrected chi connectivity index (χ0v) is 14.2. The summed E-state index contributed by atoms with van der Waals surface area (Å²) in [5, 5.41) is 0. The Balaban J connectivity index is 2.06. The van der Waals surface area contributed by atoms with Crippen LogP contribution in [0.2, 0.25) is 0 Å². The van der Waals surface area contributed by atoms with Crippen molar-refractivity contribution >= 4 is 0 Å². The van der Waals surface area contributed by atoms with E-state index in [-0.39, 0.29) is 11.0 Å². The molecule has 1 aliphatic carbocycles. The van der Waals surface area contributed by atoms with E-state index in [1.807, 2.05) is 0 Å². The average molecular weight is 273 g/mol. The van der Waals surface area contributed by atoms with Gasteiger partial charge in [-0.25, -0.2) is 0 Å². The Hall–Kier alpha value is -0.820. The molecular formula is C19H31N. The lowest BCUT2D eigenvalue weighted by Crippen LogP contribution is -2.42. The predicted molar refractivity (Wildman–Crippen MR) is 88.0 cm³/mol. The van der Waals surface area contributed by atoms with Gasteiger partial charge in [0, 0.05) is 18.6 Å². The van der Waals surface area contributed by atoms with Crippen molar-refractivity contribution in [1.29, 1.82) is 0 Å². The number of rotatable bonds is 4. The van der Waals surface area contributed by atoms with Gasteiger partial charge in [-0.15, -0.1) is 0 Å². The van der Waals surface area contributed by atoms with Crippen molar-refractivity contribution in [2.45, 2.75) is 71.9 Å². The van der Waals surface area contributed by atoms with Crippen molar-refractivity contribution in [3.63, 3.8) is 0 Å². The highest BCUT2D eigenvalue weighted by atomic mass is 15.2. The van der Waals surface area contributed by atoms with E-state index >= 15 is 0 Å². The molecule has 0 bridgehead atoms. The number of nitrogens with zero attached hydrogens (tertiary/aromatic N) is 1. The van der Waals surface area contributed by atoms with Gasteiger partial charge in [-0.2, -0.15) is 0 Å². The molecule has 112 valence electrons. The highest BCUT2D eigenvalue weighted by molar-refractivity contribution is 5.27. The fourth-order valence-electron chi connectivity index (χ4n) is 2.52. The van der Waals surface area contributed by atoms with Gasteiger partial charge in [0.2, 0.25) is 0 Å². The number of benzene rings is 1. The summed E-state index contributed by atoms with van der Waals surface area (Å²) >= 11 is 0. The molecule has 20 heavy (non-hydrogen) atoms. The third-order valence-electron chi connectivity index (χ3n) is 4.32. The minimum atomic E-state index is 0.246. The molecule has 2 rings (SSSR count). The maximum absolute atomic E-state index is 2.64.